The van der Waals surface area contributed by atoms with Gasteiger partial charge in [-0.2, -0.15) is 5.10 Å². The molecule has 0 unspecified atom stereocenters. The van der Waals surface area contributed by atoms with Crippen LogP contribution in [0, 0.1) is 19.7 Å². The lowest BCUT2D eigenvalue weighted by atomic mass is 10.1. The summed E-state index contributed by atoms with van der Waals surface area (Å²) in [6.07, 6.45) is 1.01. The second-order valence-corrected chi connectivity index (χ2v) is 6.87. The maximum atomic E-state index is 13.4. The van der Waals surface area contributed by atoms with Gasteiger partial charge >= 0.3 is 0 Å². The van der Waals surface area contributed by atoms with Crippen LogP contribution < -0.4 is 10.6 Å². The summed E-state index contributed by atoms with van der Waals surface area (Å²) in [5.41, 5.74) is 5.74. The molecule has 3 aromatic rings. The van der Waals surface area contributed by atoms with E-state index in [1.54, 1.807) is 6.07 Å². The summed E-state index contributed by atoms with van der Waals surface area (Å²) >= 11 is 5.45. The van der Waals surface area contributed by atoms with Crippen molar-refractivity contribution in [1.29, 1.82) is 0 Å². The van der Waals surface area contributed by atoms with Gasteiger partial charge in [-0.05, 0) is 67.9 Å². The highest BCUT2D eigenvalue weighted by Gasteiger charge is 2.13. The number of nitrogens with zero attached hydrogens (tertiary/aromatic N) is 2. The number of hydrogen-bond acceptors (Lipinski definition) is 2. The smallest absolute Gasteiger partial charge is 0.175 e. The topological polar surface area (TPSA) is 41.9 Å². The van der Waals surface area contributed by atoms with Crippen molar-refractivity contribution in [3.63, 3.8) is 0 Å². The maximum absolute atomic E-state index is 13.4. The Hall–Kier alpha value is -2.73. The normalized spacial score (nSPS) is 10.7. The Kier molecular flexibility index (Phi) is 5.86. The van der Waals surface area contributed by atoms with Gasteiger partial charge in [0, 0.05) is 5.69 Å². The van der Waals surface area contributed by atoms with Crippen molar-refractivity contribution in [2.45, 2.75) is 33.7 Å². The minimum atomic E-state index is -0.244. The molecule has 4 nitrogen and oxygen atoms in total. The molecule has 0 aliphatic rings. The zero-order chi connectivity index (χ0) is 19.4. The van der Waals surface area contributed by atoms with Crippen LogP contribution in [0.3, 0.4) is 0 Å². The van der Waals surface area contributed by atoms with Crippen molar-refractivity contribution in [2.24, 2.45) is 0 Å². The zero-order valence-electron chi connectivity index (χ0n) is 15.7. The molecular weight excluding hydrogens is 359 g/mol. The van der Waals surface area contributed by atoms with E-state index in [0.29, 0.717) is 11.7 Å². The lowest BCUT2D eigenvalue weighted by molar-refractivity contribution is 0.616. The Bertz CT molecular complexity index is 947. The van der Waals surface area contributed by atoms with Crippen LogP contribution in [0.15, 0.2) is 48.5 Å². The molecule has 0 aliphatic heterocycles. The third-order valence-electron chi connectivity index (χ3n) is 4.46. The number of hydrogen-bond donors (Lipinski definition) is 2. The molecule has 27 heavy (non-hydrogen) atoms. The van der Waals surface area contributed by atoms with E-state index >= 15 is 0 Å². The Balaban J connectivity index is 1.71. The largest absolute Gasteiger partial charge is 0.332 e. The number of aryl methyl sites for hydroxylation is 2. The van der Waals surface area contributed by atoms with Crippen LogP contribution in [0.5, 0.6) is 0 Å². The molecule has 0 radical (unpaired) electrons. The third kappa shape index (κ3) is 4.71. The highest BCUT2D eigenvalue weighted by Crippen LogP contribution is 2.21. The van der Waals surface area contributed by atoms with Gasteiger partial charge in [0.15, 0.2) is 5.11 Å². The first-order valence-electron chi connectivity index (χ1n) is 8.91. The van der Waals surface area contributed by atoms with Crippen LogP contribution in [0.25, 0.3) is 0 Å². The van der Waals surface area contributed by atoms with E-state index in [1.165, 1.54) is 17.7 Å². The molecule has 1 aromatic heterocycles. The minimum Gasteiger partial charge on any atom is -0.332 e. The van der Waals surface area contributed by atoms with E-state index in [2.05, 4.69) is 34.8 Å². The van der Waals surface area contributed by atoms with Crippen molar-refractivity contribution in [1.82, 2.24) is 9.78 Å². The molecule has 0 fully saturated rings. The van der Waals surface area contributed by atoms with Crippen LogP contribution in [-0.4, -0.2) is 14.9 Å². The van der Waals surface area contributed by atoms with Crippen LogP contribution in [0.2, 0.25) is 0 Å². The van der Waals surface area contributed by atoms with E-state index in [-0.39, 0.29) is 5.82 Å². The highest BCUT2D eigenvalue weighted by molar-refractivity contribution is 7.80. The predicted octanol–water partition coefficient (Wildman–Crippen LogP) is 5.06. The van der Waals surface area contributed by atoms with E-state index in [1.807, 2.05) is 36.7 Å². The van der Waals surface area contributed by atoms with Gasteiger partial charge < -0.3 is 10.6 Å². The lowest BCUT2D eigenvalue weighted by Gasteiger charge is -2.12. The third-order valence-corrected chi connectivity index (χ3v) is 4.67. The van der Waals surface area contributed by atoms with Gasteiger partial charge in [0.2, 0.25) is 0 Å². The van der Waals surface area contributed by atoms with Gasteiger partial charge in [-0.3, -0.25) is 4.68 Å². The molecule has 0 saturated carbocycles. The summed E-state index contributed by atoms with van der Waals surface area (Å²) in [5, 5.41) is 11.5. The molecule has 0 saturated heterocycles. The monoisotopic (exact) mass is 382 g/mol. The van der Waals surface area contributed by atoms with Gasteiger partial charge in [-0.15, -0.1) is 0 Å². The van der Waals surface area contributed by atoms with Crippen molar-refractivity contribution in [3.05, 3.63) is 76.9 Å². The van der Waals surface area contributed by atoms with Crippen LogP contribution in [0.1, 0.15) is 29.4 Å². The van der Waals surface area contributed by atoms with E-state index in [4.69, 9.17) is 12.2 Å². The van der Waals surface area contributed by atoms with Crippen LogP contribution in [0.4, 0.5) is 15.8 Å². The second kappa shape index (κ2) is 8.31. The van der Waals surface area contributed by atoms with Crippen molar-refractivity contribution < 1.29 is 4.39 Å². The predicted molar refractivity (Wildman–Crippen MR) is 113 cm³/mol. The summed E-state index contributed by atoms with van der Waals surface area (Å²) in [7, 11) is 0. The van der Waals surface area contributed by atoms with Gasteiger partial charge in [0.1, 0.15) is 5.82 Å². The summed E-state index contributed by atoms with van der Waals surface area (Å²) < 4.78 is 15.3. The van der Waals surface area contributed by atoms with Gasteiger partial charge in [-0.1, -0.05) is 31.2 Å². The number of nitrogens with one attached hydrogen (secondary N) is 2. The Labute approximate surface area is 164 Å². The fourth-order valence-corrected chi connectivity index (χ4v) is 3.16. The minimum absolute atomic E-state index is 0.244. The van der Waals surface area contributed by atoms with Crippen molar-refractivity contribution in [3.8, 4) is 0 Å². The number of benzene rings is 2. The summed E-state index contributed by atoms with van der Waals surface area (Å²) in [6.45, 7) is 6.53. The van der Waals surface area contributed by atoms with Crippen molar-refractivity contribution >= 4 is 28.7 Å². The average Bonchev–Trinajstić information content (AvgIpc) is 2.90. The first kappa shape index (κ1) is 19.0. The maximum Gasteiger partial charge on any atom is 0.175 e. The summed E-state index contributed by atoms with van der Waals surface area (Å²) in [6, 6.07) is 14.7. The molecule has 0 atom stereocenters. The zero-order valence-corrected chi connectivity index (χ0v) is 16.5. The van der Waals surface area contributed by atoms with E-state index in [9.17, 15) is 4.39 Å². The quantitative estimate of drug-likeness (QED) is 0.606. The molecule has 140 valence electrons. The number of thiocarbonyl (C=S) groups is 1. The molecule has 2 N–H and O–H groups in total. The molecule has 3 rings (SSSR count). The lowest BCUT2D eigenvalue weighted by Crippen LogP contribution is -2.20. The van der Waals surface area contributed by atoms with E-state index in [0.717, 1.165) is 34.7 Å². The van der Waals surface area contributed by atoms with Gasteiger partial charge in [0.25, 0.3) is 0 Å². The molecular formula is C21H23FN4S. The highest BCUT2D eigenvalue weighted by atomic mass is 32.1. The second-order valence-electron chi connectivity index (χ2n) is 6.46. The fraction of sp³-hybridized carbons (Fsp3) is 0.238. The van der Waals surface area contributed by atoms with Gasteiger partial charge in [-0.25, -0.2) is 4.39 Å². The SMILES string of the molecule is CCc1ccc(NC(=S)Nc2c(C)nn(Cc3cccc(F)c3)c2C)cc1. The molecule has 2 aromatic carbocycles. The fourth-order valence-electron chi connectivity index (χ4n) is 2.94. The van der Waals surface area contributed by atoms with Crippen molar-refractivity contribution in [2.75, 3.05) is 10.6 Å². The number of anilines is 2. The molecule has 0 bridgehead atoms. The molecule has 6 heteroatoms. The molecule has 0 amide bonds. The van der Waals surface area contributed by atoms with Crippen LogP contribution >= 0.6 is 12.2 Å². The Morgan fingerprint density at radius 2 is 1.81 bits per heavy atom. The number of rotatable bonds is 5. The number of aromatic nitrogens is 2. The van der Waals surface area contributed by atoms with Crippen LogP contribution in [-0.2, 0) is 13.0 Å². The molecule has 0 spiro atoms. The molecule has 0 aliphatic carbocycles. The standard InChI is InChI=1S/C21H23FN4S/c1-4-16-8-10-19(11-9-16)23-21(27)24-20-14(2)25-26(15(20)3)13-17-6-5-7-18(22)12-17/h5-12H,4,13H2,1-3H3,(H2,23,24,27). The number of halogens is 1. The first-order chi connectivity index (χ1) is 13.0. The Morgan fingerprint density at radius 1 is 1.07 bits per heavy atom. The molecule has 1 heterocycles. The first-order valence-corrected chi connectivity index (χ1v) is 9.32. The van der Waals surface area contributed by atoms with Gasteiger partial charge in [0.05, 0.1) is 23.6 Å². The van der Waals surface area contributed by atoms with E-state index < -0.39 is 0 Å². The average molecular weight is 383 g/mol. The Morgan fingerprint density at radius 3 is 2.48 bits per heavy atom. The summed E-state index contributed by atoms with van der Waals surface area (Å²) in [4.78, 5) is 0. The summed E-state index contributed by atoms with van der Waals surface area (Å²) in [5.74, 6) is -0.244.